The van der Waals surface area contributed by atoms with E-state index in [0.717, 1.165) is 56.5 Å². The van der Waals surface area contributed by atoms with E-state index in [0.29, 0.717) is 18.6 Å². The molecule has 1 aromatic carbocycles. The zero-order chi connectivity index (χ0) is 26.8. The van der Waals surface area contributed by atoms with Crippen LogP contribution in [0.5, 0.6) is 5.75 Å². The van der Waals surface area contributed by atoms with Crippen molar-refractivity contribution in [1.29, 1.82) is 0 Å². The van der Waals surface area contributed by atoms with Crippen molar-refractivity contribution < 1.29 is 27.4 Å². The van der Waals surface area contributed by atoms with E-state index in [-0.39, 0.29) is 35.5 Å². The van der Waals surface area contributed by atoms with E-state index in [2.05, 4.69) is 31.1 Å². The molecule has 0 radical (unpaired) electrons. The maximum absolute atomic E-state index is 13.5. The van der Waals surface area contributed by atoms with E-state index >= 15 is 0 Å². The van der Waals surface area contributed by atoms with Crippen LogP contribution in [0.15, 0.2) is 29.3 Å². The molecule has 2 atom stereocenters. The van der Waals surface area contributed by atoms with Gasteiger partial charge in [0.15, 0.2) is 5.49 Å². The van der Waals surface area contributed by atoms with Gasteiger partial charge in [0.05, 0.1) is 23.8 Å². The van der Waals surface area contributed by atoms with Crippen LogP contribution in [0.3, 0.4) is 0 Å². The summed E-state index contributed by atoms with van der Waals surface area (Å²) in [5, 5.41) is 3.35. The normalized spacial score (nSPS) is 21.4. The van der Waals surface area contributed by atoms with Crippen molar-refractivity contribution in [3.05, 3.63) is 46.6 Å². The van der Waals surface area contributed by atoms with E-state index in [9.17, 15) is 18.0 Å². The molecule has 2 saturated heterocycles. The minimum absolute atomic E-state index is 0.00841. The third kappa shape index (κ3) is 6.65. The van der Waals surface area contributed by atoms with Crippen LogP contribution in [0.2, 0.25) is 0 Å². The van der Waals surface area contributed by atoms with Crippen LogP contribution in [-0.4, -0.2) is 47.2 Å². The third-order valence-electron chi connectivity index (χ3n) is 7.02. The Bertz CT molecular complexity index is 1170. The molecule has 1 amide bonds. The van der Waals surface area contributed by atoms with Gasteiger partial charge in [-0.1, -0.05) is 27.2 Å². The molecule has 204 valence electrons. The van der Waals surface area contributed by atoms with Gasteiger partial charge in [0, 0.05) is 36.9 Å². The predicted molar refractivity (Wildman–Crippen MR) is 134 cm³/mol. The van der Waals surface area contributed by atoms with Gasteiger partial charge in [-0.05, 0) is 50.4 Å². The minimum atomic E-state index is -4.59. The van der Waals surface area contributed by atoms with Crippen molar-refractivity contribution in [3.63, 3.8) is 0 Å². The summed E-state index contributed by atoms with van der Waals surface area (Å²) in [5.74, 6) is -0.670. The van der Waals surface area contributed by atoms with Crippen molar-refractivity contribution in [1.82, 2.24) is 14.7 Å². The van der Waals surface area contributed by atoms with Crippen LogP contribution >= 0.6 is 0 Å². The van der Waals surface area contributed by atoms with Gasteiger partial charge in [-0.2, -0.15) is 18.2 Å². The molecule has 0 bridgehead atoms. The Kier molecular flexibility index (Phi) is 8.18. The second-order valence-corrected chi connectivity index (χ2v) is 11.0. The Morgan fingerprint density at radius 1 is 1.16 bits per heavy atom. The standard InChI is InChI=1S/C27H37F3N4O3/c1-26(2,3)23-15-24(34(33(23)4)16-20-9-7-13-36-20)32-25(35)21-14-18(27(28,29)30)10-11-22(21)37-17-19-8-5-6-12-31-19/h10-11,14-15,19-20,31H,5-9,12-13,16-17H2,1-4H3/b32-24+/t19-,20+/m0/s1. The van der Waals surface area contributed by atoms with Crippen molar-refractivity contribution in [3.8, 4) is 5.75 Å². The van der Waals surface area contributed by atoms with E-state index in [1.807, 2.05) is 22.5 Å². The lowest BCUT2D eigenvalue weighted by Gasteiger charge is -2.24. The van der Waals surface area contributed by atoms with Gasteiger partial charge in [0.2, 0.25) is 0 Å². The fraction of sp³-hybridized carbons (Fsp3) is 0.630. The van der Waals surface area contributed by atoms with Gasteiger partial charge in [-0.25, -0.2) is 0 Å². The first-order chi connectivity index (χ1) is 17.4. The number of piperidine rings is 1. The summed E-state index contributed by atoms with van der Waals surface area (Å²) in [4.78, 5) is 17.8. The fourth-order valence-corrected chi connectivity index (χ4v) is 4.98. The SMILES string of the molecule is Cn1c(C(C)(C)C)c/c(=N\C(=O)c2cc(C(F)(F)F)ccc2OC[C@@H]2CCCCN2)n1C[C@H]1CCCO1. The molecule has 10 heteroatoms. The monoisotopic (exact) mass is 522 g/mol. The zero-order valence-corrected chi connectivity index (χ0v) is 22.0. The second-order valence-electron chi connectivity index (χ2n) is 11.0. The Labute approximate surface area is 215 Å². The maximum atomic E-state index is 13.5. The van der Waals surface area contributed by atoms with Crippen LogP contribution in [0.1, 0.15) is 74.5 Å². The molecule has 4 rings (SSSR count). The Balaban J connectivity index is 1.72. The number of aromatic nitrogens is 2. The highest BCUT2D eigenvalue weighted by atomic mass is 19.4. The summed E-state index contributed by atoms with van der Waals surface area (Å²) in [6, 6.07) is 4.92. The molecule has 2 aliphatic rings. The van der Waals surface area contributed by atoms with E-state index in [1.165, 1.54) is 6.07 Å². The van der Waals surface area contributed by atoms with Crippen molar-refractivity contribution in [2.75, 3.05) is 19.8 Å². The minimum Gasteiger partial charge on any atom is -0.491 e. The predicted octanol–water partition coefficient (Wildman–Crippen LogP) is 4.58. The molecule has 0 saturated carbocycles. The highest BCUT2D eigenvalue weighted by molar-refractivity contribution is 5.97. The van der Waals surface area contributed by atoms with Crippen LogP contribution < -0.4 is 15.5 Å². The van der Waals surface area contributed by atoms with Gasteiger partial charge in [0.25, 0.3) is 5.91 Å². The lowest BCUT2D eigenvalue weighted by atomic mass is 9.92. The summed E-state index contributed by atoms with van der Waals surface area (Å²) in [6.45, 7) is 8.50. The van der Waals surface area contributed by atoms with Crippen molar-refractivity contribution in [2.45, 2.75) is 83.2 Å². The molecule has 7 nitrogen and oxygen atoms in total. The number of benzene rings is 1. The molecule has 0 aliphatic carbocycles. The fourth-order valence-electron chi connectivity index (χ4n) is 4.98. The summed E-state index contributed by atoms with van der Waals surface area (Å²) in [6.07, 6.45) is 0.321. The molecule has 3 heterocycles. The van der Waals surface area contributed by atoms with Gasteiger partial charge in [-0.3, -0.25) is 14.2 Å². The number of ether oxygens (including phenoxy) is 2. The number of hydrogen-bond acceptors (Lipinski definition) is 4. The molecule has 1 N–H and O–H groups in total. The molecule has 37 heavy (non-hydrogen) atoms. The Hall–Kier alpha value is -2.59. The smallest absolute Gasteiger partial charge is 0.416 e. The summed E-state index contributed by atoms with van der Waals surface area (Å²) in [7, 11) is 1.90. The first kappa shape index (κ1) is 27.4. The third-order valence-corrected chi connectivity index (χ3v) is 7.02. The number of nitrogens with zero attached hydrogens (tertiary/aromatic N) is 3. The van der Waals surface area contributed by atoms with Gasteiger partial charge in [-0.15, -0.1) is 0 Å². The number of amides is 1. The van der Waals surface area contributed by atoms with Gasteiger partial charge in [0.1, 0.15) is 12.4 Å². The Morgan fingerprint density at radius 3 is 2.57 bits per heavy atom. The van der Waals surface area contributed by atoms with Crippen molar-refractivity contribution in [2.24, 2.45) is 12.0 Å². The zero-order valence-electron chi connectivity index (χ0n) is 22.0. The highest BCUT2D eigenvalue weighted by Crippen LogP contribution is 2.33. The molecule has 2 aliphatic heterocycles. The lowest BCUT2D eigenvalue weighted by molar-refractivity contribution is -0.137. The van der Waals surface area contributed by atoms with Gasteiger partial charge >= 0.3 is 6.18 Å². The molecule has 0 unspecified atom stereocenters. The number of nitrogens with one attached hydrogen (secondary N) is 1. The van der Waals surface area contributed by atoms with E-state index < -0.39 is 17.6 Å². The maximum Gasteiger partial charge on any atom is 0.416 e. The van der Waals surface area contributed by atoms with Crippen LogP contribution in [0, 0.1) is 0 Å². The topological polar surface area (TPSA) is 69.8 Å². The molecule has 1 aromatic heterocycles. The Morgan fingerprint density at radius 2 is 1.95 bits per heavy atom. The van der Waals surface area contributed by atoms with E-state index in [4.69, 9.17) is 9.47 Å². The molecule has 0 spiro atoms. The number of halogens is 3. The molecular formula is C27H37F3N4O3. The first-order valence-corrected chi connectivity index (χ1v) is 13.0. The second kappa shape index (κ2) is 11.0. The average Bonchev–Trinajstić information content (AvgIpc) is 3.46. The average molecular weight is 523 g/mol. The molecular weight excluding hydrogens is 485 g/mol. The van der Waals surface area contributed by atoms with Crippen LogP contribution in [0.25, 0.3) is 0 Å². The largest absolute Gasteiger partial charge is 0.491 e. The summed E-state index contributed by atoms with van der Waals surface area (Å²) < 4.78 is 56.1. The number of hydrogen-bond donors (Lipinski definition) is 1. The quantitative estimate of drug-likeness (QED) is 0.603. The summed E-state index contributed by atoms with van der Waals surface area (Å²) >= 11 is 0. The first-order valence-electron chi connectivity index (χ1n) is 13.0. The van der Waals surface area contributed by atoms with Crippen LogP contribution in [0.4, 0.5) is 13.2 Å². The lowest BCUT2D eigenvalue weighted by Crippen LogP contribution is -2.38. The molecule has 2 aromatic rings. The van der Waals surface area contributed by atoms with Crippen molar-refractivity contribution >= 4 is 5.91 Å². The number of rotatable bonds is 6. The van der Waals surface area contributed by atoms with E-state index in [1.54, 1.807) is 0 Å². The molecule has 2 fully saturated rings. The van der Waals surface area contributed by atoms with Gasteiger partial charge < -0.3 is 14.8 Å². The van der Waals surface area contributed by atoms with Crippen LogP contribution in [-0.2, 0) is 29.9 Å². The number of alkyl halides is 3. The summed E-state index contributed by atoms with van der Waals surface area (Å²) in [5.41, 5.74) is -0.0205. The highest BCUT2D eigenvalue weighted by Gasteiger charge is 2.32. The number of carbonyl (C=O) groups excluding carboxylic acids is 1. The number of carbonyl (C=O) groups is 1.